The van der Waals surface area contributed by atoms with E-state index in [1.165, 1.54) is 20.9 Å². The number of amides is 1. The molecule has 2 aliphatic heterocycles. The number of piperidine rings is 1. The number of anilines is 1. The van der Waals surface area contributed by atoms with Crippen LogP contribution in [0.3, 0.4) is 0 Å². The molecule has 2 aromatic heterocycles. The number of nitrogens with one attached hydrogen (secondary N) is 1. The standard InChI is InChI=1S/C25H27N3O2S/c1-2-26-24(29)20-8-12-27-22(17-20)28-13-10-25(11-14-28)23-19(9-15-30-25)16-21(31-23)18-6-4-3-5-7-18/h3-8,12,16-17H,2,9-11,13-15H2,1H3,(H,26,29). The number of carbonyl (C=O) groups is 1. The van der Waals surface area contributed by atoms with E-state index in [2.05, 4.69) is 51.6 Å². The van der Waals surface area contributed by atoms with Gasteiger partial charge in [-0.15, -0.1) is 11.3 Å². The third-order valence-electron chi connectivity index (χ3n) is 6.27. The highest BCUT2D eigenvalue weighted by atomic mass is 32.1. The Hall–Kier alpha value is -2.70. The lowest BCUT2D eigenvalue weighted by atomic mass is 9.85. The van der Waals surface area contributed by atoms with Crippen molar-refractivity contribution in [1.82, 2.24) is 10.3 Å². The van der Waals surface area contributed by atoms with Crippen LogP contribution in [0.1, 0.15) is 40.6 Å². The molecule has 1 fully saturated rings. The first-order valence-electron chi connectivity index (χ1n) is 11.0. The summed E-state index contributed by atoms with van der Waals surface area (Å²) < 4.78 is 6.46. The molecule has 2 aliphatic rings. The van der Waals surface area contributed by atoms with E-state index in [-0.39, 0.29) is 11.5 Å². The second-order valence-corrected chi connectivity index (χ2v) is 9.23. The lowest BCUT2D eigenvalue weighted by molar-refractivity contribution is -0.0735. The largest absolute Gasteiger partial charge is 0.369 e. The molecule has 5 rings (SSSR count). The lowest BCUT2D eigenvalue weighted by Crippen LogP contribution is -2.46. The summed E-state index contributed by atoms with van der Waals surface area (Å²) in [6.07, 6.45) is 4.58. The Morgan fingerprint density at radius 2 is 2.00 bits per heavy atom. The minimum Gasteiger partial charge on any atom is -0.369 e. The van der Waals surface area contributed by atoms with Gasteiger partial charge in [-0.1, -0.05) is 30.3 Å². The highest BCUT2D eigenvalue weighted by Crippen LogP contribution is 2.47. The highest BCUT2D eigenvalue weighted by molar-refractivity contribution is 7.15. The monoisotopic (exact) mass is 433 g/mol. The molecule has 0 saturated carbocycles. The van der Waals surface area contributed by atoms with Gasteiger partial charge in [-0.3, -0.25) is 4.79 Å². The fourth-order valence-electron chi connectivity index (χ4n) is 4.63. The zero-order valence-corrected chi connectivity index (χ0v) is 18.6. The van der Waals surface area contributed by atoms with Crippen molar-refractivity contribution in [3.8, 4) is 10.4 Å². The van der Waals surface area contributed by atoms with Crippen molar-refractivity contribution in [2.45, 2.75) is 31.8 Å². The van der Waals surface area contributed by atoms with Gasteiger partial charge in [0.1, 0.15) is 11.4 Å². The number of pyridine rings is 1. The second-order valence-electron chi connectivity index (χ2n) is 8.17. The zero-order chi connectivity index (χ0) is 21.3. The Labute approximate surface area is 187 Å². The Morgan fingerprint density at radius 3 is 2.77 bits per heavy atom. The first-order chi connectivity index (χ1) is 15.2. The molecule has 5 nitrogen and oxygen atoms in total. The Balaban J connectivity index is 1.36. The van der Waals surface area contributed by atoms with E-state index in [0.29, 0.717) is 12.1 Å². The lowest BCUT2D eigenvalue weighted by Gasteiger charge is -2.44. The molecule has 160 valence electrons. The molecule has 4 heterocycles. The van der Waals surface area contributed by atoms with Crippen LogP contribution >= 0.6 is 11.3 Å². The summed E-state index contributed by atoms with van der Waals surface area (Å²) in [6, 6.07) is 16.7. The van der Waals surface area contributed by atoms with Crippen LogP contribution in [0.2, 0.25) is 0 Å². The third-order valence-corrected chi connectivity index (χ3v) is 7.68. The van der Waals surface area contributed by atoms with Crippen molar-refractivity contribution < 1.29 is 9.53 Å². The van der Waals surface area contributed by atoms with Crippen LogP contribution < -0.4 is 10.2 Å². The molecule has 1 amide bonds. The predicted octanol–water partition coefficient (Wildman–Crippen LogP) is 4.63. The molecule has 31 heavy (non-hydrogen) atoms. The molecule has 0 radical (unpaired) electrons. The summed E-state index contributed by atoms with van der Waals surface area (Å²) in [5.41, 5.74) is 3.19. The summed E-state index contributed by atoms with van der Waals surface area (Å²) in [7, 11) is 0. The topological polar surface area (TPSA) is 54.5 Å². The molecule has 1 saturated heterocycles. The van der Waals surface area contributed by atoms with E-state index < -0.39 is 0 Å². The van der Waals surface area contributed by atoms with E-state index in [9.17, 15) is 4.79 Å². The Bertz CT molecular complexity index is 1070. The van der Waals surface area contributed by atoms with Gasteiger partial charge in [0, 0.05) is 41.1 Å². The summed E-state index contributed by atoms with van der Waals surface area (Å²) in [4.78, 5) is 21.7. The predicted molar refractivity (Wildman–Crippen MR) is 125 cm³/mol. The van der Waals surface area contributed by atoms with E-state index in [1.54, 1.807) is 12.3 Å². The van der Waals surface area contributed by atoms with Gasteiger partial charge in [0.25, 0.3) is 5.91 Å². The fourth-order valence-corrected chi connectivity index (χ4v) is 6.05. The van der Waals surface area contributed by atoms with E-state index >= 15 is 0 Å². The number of hydrogen-bond donors (Lipinski definition) is 1. The van der Waals surface area contributed by atoms with E-state index in [4.69, 9.17) is 4.74 Å². The second kappa shape index (κ2) is 8.44. The summed E-state index contributed by atoms with van der Waals surface area (Å²) in [5.74, 6) is 0.817. The number of benzene rings is 1. The average Bonchev–Trinajstić information content (AvgIpc) is 3.27. The van der Waals surface area contributed by atoms with Crippen LogP contribution in [-0.4, -0.2) is 37.1 Å². The SMILES string of the molecule is CCNC(=O)c1ccnc(N2CCC3(CC2)OCCc2cc(-c4ccccc4)sc23)c1. The molecule has 0 unspecified atom stereocenters. The van der Waals surface area contributed by atoms with Crippen molar-refractivity contribution >= 4 is 23.1 Å². The van der Waals surface area contributed by atoms with Gasteiger partial charge >= 0.3 is 0 Å². The fraction of sp³-hybridized carbons (Fsp3) is 0.360. The van der Waals surface area contributed by atoms with E-state index in [1.807, 2.05) is 24.3 Å². The normalized spacial score (nSPS) is 17.4. The molecule has 0 aliphatic carbocycles. The molecule has 0 bridgehead atoms. The van der Waals surface area contributed by atoms with Crippen LogP contribution in [0.4, 0.5) is 5.82 Å². The van der Waals surface area contributed by atoms with Gasteiger partial charge in [-0.05, 0) is 55.5 Å². The molecule has 6 heteroatoms. The number of aromatic nitrogens is 1. The summed E-state index contributed by atoms with van der Waals surface area (Å²) in [5, 5.41) is 2.86. The zero-order valence-electron chi connectivity index (χ0n) is 17.8. The molecule has 3 aromatic rings. The number of ether oxygens (including phenoxy) is 1. The maximum Gasteiger partial charge on any atom is 0.251 e. The number of thiophene rings is 1. The van der Waals surface area contributed by atoms with Crippen LogP contribution in [0.5, 0.6) is 0 Å². The maximum absolute atomic E-state index is 12.2. The van der Waals surface area contributed by atoms with Crippen molar-refractivity contribution in [3.05, 3.63) is 70.7 Å². The van der Waals surface area contributed by atoms with Crippen molar-refractivity contribution in [3.63, 3.8) is 0 Å². The van der Waals surface area contributed by atoms with Gasteiger partial charge in [-0.2, -0.15) is 0 Å². The van der Waals surface area contributed by atoms with Gasteiger partial charge in [0.05, 0.1) is 6.61 Å². The first kappa shape index (κ1) is 20.2. The Kier molecular flexibility index (Phi) is 5.50. The number of fused-ring (bicyclic) bond motifs is 2. The van der Waals surface area contributed by atoms with Crippen molar-refractivity contribution in [1.29, 1.82) is 0 Å². The van der Waals surface area contributed by atoms with Crippen LogP contribution in [0.15, 0.2) is 54.7 Å². The van der Waals surface area contributed by atoms with E-state index in [0.717, 1.165) is 44.8 Å². The molecule has 1 spiro atoms. The van der Waals surface area contributed by atoms with Gasteiger partial charge in [0.15, 0.2) is 0 Å². The van der Waals surface area contributed by atoms with Crippen LogP contribution in [-0.2, 0) is 16.8 Å². The quantitative estimate of drug-likeness (QED) is 0.652. The summed E-state index contributed by atoms with van der Waals surface area (Å²) >= 11 is 1.89. The highest BCUT2D eigenvalue weighted by Gasteiger charge is 2.42. The first-order valence-corrected chi connectivity index (χ1v) is 11.8. The van der Waals surface area contributed by atoms with Gasteiger partial charge < -0.3 is 15.0 Å². The molecular formula is C25H27N3O2S. The molecular weight excluding hydrogens is 406 g/mol. The minimum absolute atomic E-state index is 0.0492. The number of rotatable bonds is 4. The van der Waals surface area contributed by atoms with Crippen LogP contribution in [0, 0.1) is 0 Å². The number of carbonyl (C=O) groups excluding carboxylic acids is 1. The summed E-state index contributed by atoms with van der Waals surface area (Å²) in [6.45, 7) is 5.06. The minimum atomic E-state index is -0.195. The number of hydrogen-bond acceptors (Lipinski definition) is 5. The van der Waals surface area contributed by atoms with Gasteiger partial charge in [-0.25, -0.2) is 4.98 Å². The molecule has 1 N–H and O–H groups in total. The van der Waals surface area contributed by atoms with Crippen LogP contribution in [0.25, 0.3) is 10.4 Å². The average molecular weight is 434 g/mol. The number of nitrogens with zero attached hydrogens (tertiary/aromatic N) is 2. The Morgan fingerprint density at radius 1 is 1.19 bits per heavy atom. The smallest absolute Gasteiger partial charge is 0.251 e. The maximum atomic E-state index is 12.2. The molecule has 1 aromatic carbocycles. The van der Waals surface area contributed by atoms with Crippen molar-refractivity contribution in [2.24, 2.45) is 0 Å². The molecule has 0 atom stereocenters. The third kappa shape index (κ3) is 3.86. The van der Waals surface area contributed by atoms with Gasteiger partial charge in [0.2, 0.25) is 0 Å². The van der Waals surface area contributed by atoms with Crippen molar-refractivity contribution in [2.75, 3.05) is 31.1 Å².